The third-order valence-corrected chi connectivity index (χ3v) is 6.65. The highest BCUT2D eigenvalue weighted by atomic mass is 33.1. The second-order valence-corrected chi connectivity index (χ2v) is 8.35. The maximum Gasteiger partial charge on any atom is 0.416 e. The van der Waals surface area contributed by atoms with Gasteiger partial charge in [-0.2, -0.15) is 13.2 Å². The van der Waals surface area contributed by atoms with Crippen LogP contribution in [0.4, 0.5) is 13.2 Å². The highest BCUT2D eigenvalue weighted by Gasteiger charge is 2.32. The van der Waals surface area contributed by atoms with E-state index >= 15 is 0 Å². The molecule has 0 bridgehead atoms. The van der Waals surface area contributed by atoms with Crippen LogP contribution in [0.1, 0.15) is 61.9 Å². The second kappa shape index (κ2) is 11.5. The molecule has 0 radical (unpaired) electrons. The molecule has 0 aromatic heterocycles. The Kier molecular flexibility index (Phi) is 10.1. The largest absolute Gasteiger partial charge is 0.478 e. The first-order valence-corrected chi connectivity index (χ1v) is 11.1. The van der Waals surface area contributed by atoms with E-state index in [-0.39, 0.29) is 6.42 Å². The van der Waals surface area contributed by atoms with Crippen molar-refractivity contribution in [3.63, 3.8) is 0 Å². The van der Waals surface area contributed by atoms with Crippen LogP contribution in [0.15, 0.2) is 18.2 Å². The summed E-state index contributed by atoms with van der Waals surface area (Å²) >= 11 is 0. The Bertz CT molecular complexity index is 630. The predicted molar refractivity (Wildman–Crippen MR) is 102 cm³/mol. The number of aromatic carboxylic acids is 1. The molecular formula is C18H23F3O4S2. The highest BCUT2D eigenvalue weighted by molar-refractivity contribution is 8.77. The molecule has 1 saturated heterocycles. The average Bonchev–Trinajstić information content (AvgIpc) is 3.13. The molecule has 1 N–H and O–H groups in total. The number of carboxylic acid groups (broad SMARTS) is 1. The van der Waals surface area contributed by atoms with E-state index in [1.54, 1.807) is 0 Å². The number of unbranched alkanes of at least 4 members (excludes halogenated alkanes) is 1. The van der Waals surface area contributed by atoms with Crippen LogP contribution in [-0.2, 0) is 11.0 Å². The summed E-state index contributed by atoms with van der Waals surface area (Å²) in [6.07, 6.45) is -1.10. The second-order valence-electron chi connectivity index (χ2n) is 5.56. The van der Waals surface area contributed by atoms with E-state index in [9.17, 15) is 22.8 Å². The minimum atomic E-state index is -4.64. The van der Waals surface area contributed by atoms with Gasteiger partial charge < -0.3 is 9.84 Å². The lowest BCUT2D eigenvalue weighted by atomic mass is 10.1. The van der Waals surface area contributed by atoms with E-state index < -0.39 is 35.0 Å². The average molecular weight is 425 g/mol. The Morgan fingerprint density at radius 3 is 2.52 bits per heavy atom. The molecule has 1 atom stereocenters. The van der Waals surface area contributed by atoms with Gasteiger partial charge in [0.15, 0.2) is 0 Å². The lowest BCUT2D eigenvalue weighted by molar-refractivity contribution is -0.139. The molecule has 0 amide bonds. The predicted octanol–water partition coefficient (Wildman–Crippen LogP) is 6.05. The fourth-order valence-electron chi connectivity index (χ4n) is 2.34. The van der Waals surface area contributed by atoms with Crippen LogP contribution in [-0.4, -0.2) is 28.0 Å². The summed E-state index contributed by atoms with van der Waals surface area (Å²) in [7, 11) is 3.67. The van der Waals surface area contributed by atoms with E-state index in [1.165, 1.54) is 0 Å². The number of carbonyl (C=O) groups is 2. The zero-order chi connectivity index (χ0) is 20.4. The van der Waals surface area contributed by atoms with Crippen LogP contribution >= 0.6 is 21.6 Å². The molecule has 152 valence electrons. The van der Waals surface area contributed by atoms with Crippen LogP contribution < -0.4 is 4.74 Å². The summed E-state index contributed by atoms with van der Waals surface area (Å²) in [5, 5.41) is 9.62. The number of benzene rings is 1. The number of hydrogen-bond acceptors (Lipinski definition) is 5. The van der Waals surface area contributed by atoms with Crippen molar-refractivity contribution in [1.82, 2.24) is 0 Å². The minimum absolute atomic E-state index is 0.0415. The van der Waals surface area contributed by atoms with Gasteiger partial charge >= 0.3 is 18.1 Å². The van der Waals surface area contributed by atoms with E-state index in [4.69, 9.17) is 9.84 Å². The fourth-order valence-corrected chi connectivity index (χ4v) is 5.37. The quantitative estimate of drug-likeness (QED) is 0.249. The first kappa shape index (κ1) is 23.7. The number of halogens is 3. The summed E-state index contributed by atoms with van der Waals surface area (Å²) in [4.78, 5) is 22.9. The number of rotatable bonds is 7. The van der Waals surface area contributed by atoms with Crippen molar-refractivity contribution >= 4 is 33.5 Å². The van der Waals surface area contributed by atoms with Gasteiger partial charge in [-0.25, -0.2) is 4.79 Å². The van der Waals surface area contributed by atoms with Crippen LogP contribution in [0.25, 0.3) is 0 Å². The molecule has 27 heavy (non-hydrogen) atoms. The Labute approximate surface area is 164 Å². The maximum absolute atomic E-state index is 12.7. The van der Waals surface area contributed by atoms with Crippen molar-refractivity contribution in [2.45, 2.75) is 57.4 Å². The van der Waals surface area contributed by atoms with E-state index in [2.05, 4.69) is 0 Å². The molecule has 1 aromatic carbocycles. The fraction of sp³-hybridized carbons (Fsp3) is 0.556. The zero-order valence-corrected chi connectivity index (χ0v) is 16.8. The smallest absolute Gasteiger partial charge is 0.416 e. The summed E-state index contributed by atoms with van der Waals surface area (Å²) in [6, 6.07) is 1.99. The molecule has 1 fully saturated rings. The van der Waals surface area contributed by atoms with Crippen molar-refractivity contribution in [2.24, 2.45) is 0 Å². The monoisotopic (exact) mass is 424 g/mol. The summed E-state index contributed by atoms with van der Waals surface area (Å²) in [5.41, 5.74) is -1.53. The molecule has 2 rings (SSSR count). The molecule has 1 aromatic rings. The van der Waals surface area contributed by atoms with Crippen LogP contribution in [0.5, 0.6) is 5.75 Å². The number of esters is 1. The van der Waals surface area contributed by atoms with Gasteiger partial charge in [0.25, 0.3) is 0 Å². The Morgan fingerprint density at radius 2 is 1.96 bits per heavy atom. The van der Waals surface area contributed by atoms with Gasteiger partial charge in [0.2, 0.25) is 0 Å². The molecule has 0 aliphatic carbocycles. The highest BCUT2D eigenvalue weighted by Crippen LogP contribution is 2.40. The lowest BCUT2D eigenvalue weighted by Crippen LogP contribution is -2.13. The molecule has 1 heterocycles. The molecule has 9 heteroatoms. The van der Waals surface area contributed by atoms with E-state index in [0.29, 0.717) is 23.8 Å². The normalized spacial score (nSPS) is 16.4. The number of ether oxygens (including phenoxy) is 1. The van der Waals surface area contributed by atoms with E-state index in [0.717, 1.165) is 31.1 Å². The zero-order valence-electron chi connectivity index (χ0n) is 15.2. The maximum atomic E-state index is 12.7. The van der Waals surface area contributed by atoms with Crippen molar-refractivity contribution in [3.8, 4) is 5.75 Å². The number of hydrogen-bond donors (Lipinski definition) is 1. The summed E-state index contributed by atoms with van der Waals surface area (Å²) in [5.74, 6) is -1.62. The minimum Gasteiger partial charge on any atom is -0.478 e. The Hall–Kier alpha value is -1.35. The van der Waals surface area contributed by atoms with Gasteiger partial charge in [-0.1, -0.05) is 41.9 Å². The Balaban J connectivity index is 0.00000176. The molecule has 0 saturated carbocycles. The van der Waals surface area contributed by atoms with E-state index in [1.807, 2.05) is 35.4 Å². The summed E-state index contributed by atoms with van der Waals surface area (Å²) < 4.78 is 43.1. The van der Waals surface area contributed by atoms with Gasteiger partial charge in [0, 0.05) is 17.4 Å². The van der Waals surface area contributed by atoms with Crippen LogP contribution in [0.3, 0.4) is 0 Å². The lowest BCUT2D eigenvalue weighted by Gasteiger charge is -2.12. The standard InChI is InChI=1S/C16H17F3O4S2.C2H6/c17-16(18,19)10-5-6-12(15(21)22)13(9-10)23-14(20)4-2-1-3-11-7-8-24-25-11;1-2/h5-6,9,11H,1-4,7-8H2,(H,21,22);1-2H3. The van der Waals surface area contributed by atoms with Gasteiger partial charge in [0.05, 0.1) is 5.56 Å². The van der Waals surface area contributed by atoms with Gasteiger partial charge in [-0.3, -0.25) is 4.79 Å². The van der Waals surface area contributed by atoms with Crippen molar-refractivity contribution in [3.05, 3.63) is 29.3 Å². The number of alkyl halides is 3. The van der Waals surface area contributed by atoms with Gasteiger partial charge in [0.1, 0.15) is 11.3 Å². The molecular weight excluding hydrogens is 401 g/mol. The van der Waals surface area contributed by atoms with Crippen molar-refractivity contribution < 1.29 is 32.6 Å². The van der Waals surface area contributed by atoms with Crippen LogP contribution in [0, 0.1) is 0 Å². The third kappa shape index (κ3) is 8.04. The topological polar surface area (TPSA) is 63.6 Å². The SMILES string of the molecule is CC.O=C(CCCCC1CCSS1)Oc1cc(C(F)(F)F)ccc1C(=O)O. The van der Waals surface area contributed by atoms with Crippen LogP contribution in [0.2, 0.25) is 0 Å². The Morgan fingerprint density at radius 1 is 1.26 bits per heavy atom. The van der Waals surface area contributed by atoms with Crippen molar-refractivity contribution in [1.29, 1.82) is 0 Å². The third-order valence-electron chi connectivity index (χ3n) is 3.65. The molecule has 1 unspecified atom stereocenters. The summed E-state index contributed by atoms with van der Waals surface area (Å²) in [6.45, 7) is 4.00. The number of carbonyl (C=O) groups excluding carboxylic acids is 1. The first-order valence-electron chi connectivity index (χ1n) is 8.71. The molecule has 1 aliphatic heterocycles. The number of carboxylic acids is 1. The van der Waals surface area contributed by atoms with Gasteiger partial charge in [-0.05, 0) is 37.5 Å². The molecule has 1 aliphatic rings. The van der Waals surface area contributed by atoms with Gasteiger partial charge in [-0.15, -0.1) is 0 Å². The first-order chi connectivity index (χ1) is 12.8. The molecule has 0 spiro atoms. The van der Waals surface area contributed by atoms with Crippen molar-refractivity contribution in [2.75, 3.05) is 5.75 Å². The molecule has 4 nitrogen and oxygen atoms in total.